The minimum Gasteiger partial charge on any atom is -0.305 e. The summed E-state index contributed by atoms with van der Waals surface area (Å²) in [7, 11) is 0. The maximum Gasteiger partial charge on any atom is 0.109 e. The number of hydrogen-bond acceptors (Lipinski definition) is 3. The highest BCUT2D eigenvalue weighted by molar-refractivity contribution is 7.11. The van der Waals surface area contributed by atoms with Crippen LogP contribution in [0.5, 0.6) is 0 Å². The van der Waals surface area contributed by atoms with E-state index in [0.717, 1.165) is 18.3 Å². The minimum atomic E-state index is 0.392. The lowest BCUT2D eigenvalue weighted by Gasteiger charge is -2.36. The van der Waals surface area contributed by atoms with Gasteiger partial charge in [-0.1, -0.05) is 27.2 Å². The van der Waals surface area contributed by atoms with Crippen molar-refractivity contribution in [2.75, 3.05) is 0 Å². The first-order valence-electron chi connectivity index (χ1n) is 7.32. The molecule has 102 valence electrons. The van der Waals surface area contributed by atoms with E-state index in [-0.39, 0.29) is 0 Å². The summed E-state index contributed by atoms with van der Waals surface area (Å²) in [5, 5.41) is 5.07. The van der Waals surface area contributed by atoms with Crippen LogP contribution in [0.3, 0.4) is 0 Å². The number of nitrogens with zero attached hydrogens (tertiary/aromatic N) is 1. The molecule has 0 aliphatic heterocycles. The molecule has 0 radical (unpaired) electrons. The van der Waals surface area contributed by atoms with E-state index >= 15 is 0 Å². The first-order chi connectivity index (χ1) is 8.61. The van der Waals surface area contributed by atoms with Crippen molar-refractivity contribution in [1.29, 1.82) is 0 Å². The van der Waals surface area contributed by atoms with Crippen LogP contribution < -0.4 is 5.32 Å². The Morgan fingerprint density at radius 2 is 2.06 bits per heavy atom. The van der Waals surface area contributed by atoms with Crippen LogP contribution >= 0.6 is 11.3 Å². The second-order valence-electron chi connectivity index (χ2n) is 5.82. The molecule has 0 spiro atoms. The van der Waals surface area contributed by atoms with E-state index in [2.05, 4.69) is 38.0 Å². The molecule has 1 aromatic heterocycles. The predicted molar refractivity (Wildman–Crippen MR) is 79.0 cm³/mol. The second kappa shape index (κ2) is 6.16. The van der Waals surface area contributed by atoms with Gasteiger partial charge in [0.05, 0.1) is 6.04 Å². The topological polar surface area (TPSA) is 24.9 Å². The predicted octanol–water partition coefficient (Wildman–Crippen LogP) is 4.18. The summed E-state index contributed by atoms with van der Waals surface area (Å²) in [5.41, 5.74) is 0. The molecule has 0 amide bonds. The van der Waals surface area contributed by atoms with Crippen molar-refractivity contribution in [3.05, 3.63) is 16.1 Å². The molecule has 3 heteroatoms. The van der Waals surface area contributed by atoms with E-state index in [4.69, 9.17) is 0 Å². The fourth-order valence-electron chi connectivity index (χ4n) is 3.06. The van der Waals surface area contributed by atoms with Gasteiger partial charge < -0.3 is 5.32 Å². The van der Waals surface area contributed by atoms with Gasteiger partial charge >= 0.3 is 0 Å². The maximum atomic E-state index is 4.56. The highest BCUT2D eigenvalue weighted by Crippen LogP contribution is 2.31. The number of hydrogen-bond donors (Lipinski definition) is 1. The standard InChI is InChI=1S/C15H26N2S/c1-5-13-9-16-15(18-13)12(4)17-14-10(2)7-6-8-11(14)3/h9-12,14,17H,5-8H2,1-4H3. The molecule has 0 saturated heterocycles. The van der Waals surface area contributed by atoms with Crippen LogP contribution in [-0.2, 0) is 6.42 Å². The van der Waals surface area contributed by atoms with E-state index < -0.39 is 0 Å². The molecule has 18 heavy (non-hydrogen) atoms. The van der Waals surface area contributed by atoms with Crippen LogP contribution in [0.2, 0.25) is 0 Å². The molecule has 1 heterocycles. The van der Waals surface area contributed by atoms with Crippen molar-refractivity contribution >= 4 is 11.3 Å². The lowest BCUT2D eigenvalue weighted by atomic mass is 9.78. The summed E-state index contributed by atoms with van der Waals surface area (Å²) in [6, 6.07) is 1.05. The number of nitrogens with one attached hydrogen (secondary N) is 1. The molecule has 1 aliphatic rings. The van der Waals surface area contributed by atoms with Gasteiger partial charge in [0.2, 0.25) is 0 Å². The monoisotopic (exact) mass is 266 g/mol. The Balaban J connectivity index is 1.99. The van der Waals surface area contributed by atoms with Crippen LogP contribution in [0.25, 0.3) is 0 Å². The van der Waals surface area contributed by atoms with Crippen molar-refractivity contribution in [1.82, 2.24) is 10.3 Å². The molecule has 0 aromatic carbocycles. The van der Waals surface area contributed by atoms with Gasteiger partial charge in [-0.05, 0) is 38.0 Å². The van der Waals surface area contributed by atoms with Gasteiger partial charge in [-0.2, -0.15) is 0 Å². The van der Waals surface area contributed by atoms with Crippen molar-refractivity contribution in [3.8, 4) is 0 Å². The number of aromatic nitrogens is 1. The van der Waals surface area contributed by atoms with E-state index in [1.54, 1.807) is 0 Å². The molecule has 3 atom stereocenters. The zero-order valence-electron chi connectivity index (χ0n) is 12.1. The molecule has 1 aromatic rings. The Morgan fingerprint density at radius 1 is 1.39 bits per heavy atom. The number of thiazole rings is 1. The summed E-state index contributed by atoms with van der Waals surface area (Å²) < 4.78 is 0. The summed E-state index contributed by atoms with van der Waals surface area (Å²) in [6.07, 6.45) is 7.26. The smallest absolute Gasteiger partial charge is 0.109 e. The van der Waals surface area contributed by atoms with E-state index in [1.807, 2.05) is 17.5 Å². The third-order valence-electron chi connectivity index (χ3n) is 4.28. The molecular formula is C15H26N2S. The van der Waals surface area contributed by atoms with E-state index in [9.17, 15) is 0 Å². The largest absolute Gasteiger partial charge is 0.305 e. The van der Waals surface area contributed by atoms with Crippen molar-refractivity contribution in [2.24, 2.45) is 11.8 Å². The summed E-state index contributed by atoms with van der Waals surface area (Å²) >= 11 is 1.86. The Bertz CT molecular complexity index is 364. The zero-order chi connectivity index (χ0) is 13.1. The Morgan fingerprint density at radius 3 is 2.61 bits per heavy atom. The van der Waals surface area contributed by atoms with Crippen molar-refractivity contribution in [3.63, 3.8) is 0 Å². The summed E-state index contributed by atoms with van der Waals surface area (Å²) in [6.45, 7) is 9.23. The molecule has 2 rings (SSSR count). The van der Waals surface area contributed by atoms with Gasteiger partial charge in [0.1, 0.15) is 5.01 Å². The molecule has 3 unspecified atom stereocenters. The fourth-order valence-corrected chi connectivity index (χ4v) is 3.93. The normalized spacial score (nSPS) is 30.3. The van der Waals surface area contributed by atoms with Crippen LogP contribution in [-0.4, -0.2) is 11.0 Å². The molecule has 2 nitrogen and oxygen atoms in total. The van der Waals surface area contributed by atoms with Gasteiger partial charge in [-0.15, -0.1) is 11.3 Å². The highest BCUT2D eigenvalue weighted by Gasteiger charge is 2.29. The van der Waals surface area contributed by atoms with Gasteiger partial charge in [-0.3, -0.25) is 0 Å². The Kier molecular flexibility index (Phi) is 4.79. The van der Waals surface area contributed by atoms with E-state index in [1.165, 1.54) is 29.1 Å². The minimum absolute atomic E-state index is 0.392. The van der Waals surface area contributed by atoms with Gasteiger partial charge in [-0.25, -0.2) is 4.98 Å². The first-order valence-corrected chi connectivity index (χ1v) is 8.14. The maximum absolute atomic E-state index is 4.56. The van der Waals surface area contributed by atoms with Crippen molar-refractivity contribution in [2.45, 2.75) is 65.5 Å². The third kappa shape index (κ3) is 3.12. The molecule has 1 N–H and O–H groups in total. The zero-order valence-corrected chi connectivity index (χ0v) is 12.9. The van der Waals surface area contributed by atoms with Gasteiger partial charge in [0, 0.05) is 17.1 Å². The summed E-state index contributed by atoms with van der Waals surface area (Å²) in [5.74, 6) is 1.59. The average Bonchev–Trinajstić information content (AvgIpc) is 2.82. The number of rotatable bonds is 4. The number of aryl methyl sites for hydroxylation is 1. The van der Waals surface area contributed by atoms with Crippen LogP contribution in [0.4, 0.5) is 0 Å². The van der Waals surface area contributed by atoms with Gasteiger partial charge in [0.25, 0.3) is 0 Å². The lowest BCUT2D eigenvalue weighted by molar-refractivity contribution is 0.196. The average molecular weight is 266 g/mol. The molecule has 1 aliphatic carbocycles. The first kappa shape index (κ1) is 14.0. The summed E-state index contributed by atoms with van der Waals surface area (Å²) in [4.78, 5) is 5.95. The van der Waals surface area contributed by atoms with Crippen molar-refractivity contribution < 1.29 is 0 Å². The molecule has 1 fully saturated rings. The highest BCUT2D eigenvalue weighted by atomic mass is 32.1. The molecular weight excluding hydrogens is 240 g/mol. The third-order valence-corrected chi connectivity index (χ3v) is 5.60. The second-order valence-corrected chi connectivity index (χ2v) is 6.96. The van der Waals surface area contributed by atoms with Crippen LogP contribution in [0.15, 0.2) is 6.20 Å². The molecule has 1 saturated carbocycles. The fraction of sp³-hybridized carbons (Fsp3) is 0.800. The van der Waals surface area contributed by atoms with E-state index in [0.29, 0.717) is 12.1 Å². The van der Waals surface area contributed by atoms with Crippen LogP contribution in [0, 0.1) is 11.8 Å². The quantitative estimate of drug-likeness (QED) is 0.884. The van der Waals surface area contributed by atoms with Gasteiger partial charge in [0.15, 0.2) is 0 Å². The van der Waals surface area contributed by atoms with Crippen LogP contribution in [0.1, 0.15) is 62.9 Å². The molecule has 0 bridgehead atoms. The SMILES string of the molecule is CCc1cnc(C(C)NC2C(C)CCCC2C)s1. The Labute approximate surface area is 115 Å². The Hall–Kier alpha value is -0.410. The lowest BCUT2D eigenvalue weighted by Crippen LogP contribution is -2.43.